The molecule has 0 N–H and O–H groups in total. The summed E-state index contributed by atoms with van der Waals surface area (Å²) in [7, 11) is 0. The van der Waals surface area contributed by atoms with E-state index in [1.807, 2.05) is 0 Å². The van der Waals surface area contributed by atoms with Crippen LogP contribution in [0.2, 0.25) is 0 Å². The van der Waals surface area contributed by atoms with Crippen molar-refractivity contribution in [1.29, 1.82) is 0 Å². The molecule has 0 aliphatic carbocycles. The first kappa shape index (κ1) is 18.6. The summed E-state index contributed by atoms with van der Waals surface area (Å²) in [5.74, 6) is -1.79. The minimum Gasteiger partial charge on any atom is -0.294 e. The molecule has 2 atom stereocenters. The third-order valence-electron chi connectivity index (χ3n) is 4.82. The maximum Gasteiger partial charge on any atom is 0.417 e. The normalized spacial score (nSPS) is 27.2. The van der Waals surface area contributed by atoms with Crippen molar-refractivity contribution in [2.75, 3.05) is 0 Å². The molecule has 2 aliphatic rings. The highest BCUT2D eigenvalue weighted by atomic mass is 32.2. The van der Waals surface area contributed by atoms with E-state index in [0.717, 1.165) is 19.3 Å². The zero-order chi connectivity index (χ0) is 18.4. The average Bonchev–Trinajstić information content (AvgIpc) is 2.51. The summed E-state index contributed by atoms with van der Waals surface area (Å²) in [6, 6.07) is 1.82. The minimum atomic E-state index is -5.01. The highest BCUT2D eigenvalue weighted by Gasteiger charge is 2.45. The minimum absolute atomic E-state index is 0.147. The molecule has 0 spiro atoms. The van der Waals surface area contributed by atoms with Crippen LogP contribution in [-0.4, -0.2) is 16.3 Å². The second-order valence-electron chi connectivity index (χ2n) is 6.57. The van der Waals surface area contributed by atoms with Crippen LogP contribution in [0.1, 0.15) is 53.6 Å². The molecule has 3 rings (SSSR count). The number of fused-ring (bicyclic) bond motifs is 2. The van der Waals surface area contributed by atoms with Crippen LogP contribution in [0.25, 0.3) is 0 Å². The molecule has 1 aromatic carbocycles. The van der Waals surface area contributed by atoms with E-state index in [1.165, 1.54) is 0 Å². The van der Waals surface area contributed by atoms with Crippen molar-refractivity contribution in [2.45, 2.75) is 55.0 Å². The Morgan fingerprint density at radius 1 is 0.920 bits per heavy atom. The Balaban J connectivity index is 2.04. The number of thioether (sulfide) groups is 1. The van der Waals surface area contributed by atoms with Gasteiger partial charge in [0.25, 0.3) is 0 Å². The molecule has 0 aromatic heterocycles. The highest BCUT2D eigenvalue weighted by Crippen LogP contribution is 2.47. The van der Waals surface area contributed by atoms with Gasteiger partial charge >= 0.3 is 12.4 Å². The van der Waals surface area contributed by atoms with Crippen LogP contribution >= 0.6 is 11.8 Å². The van der Waals surface area contributed by atoms with Gasteiger partial charge in [-0.3, -0.25) is 4.79 Å². The van der Waals surface area contributed by atoms with E-state index in [4.69, 9.17) is 0 Å². The molecule has 25 heavy (non-hydrogen) atoms. The van der Waals surface area contributed by atoms with Crippen LogP contribution in [0.5, 0.6) is 0 Å². The maximum absolute atomic E-state index is 13.3. The van der Waals surface area contributed by atoms with Crippen LogP contribution < -0.4 is 0 Å². The van der Waals surface area contributed by atoms with Gasteiger partial charge in [-0.05, 0) is 37.8 Å². The fourth-order valence-electron chi connectivity index (χ4n) is 3.77. The van der Waals surface area contributed by atoms with Gasteiger partial charge in [0.05, 0.1) is 11.1 Å². The quantitative estimate of drug-likeness (QED) is 0.463. The Kier molecular flexibility index (Phi) is 4.85. The summed E-state index contributed by atoms with van der Waals surface area (Å²) < 4.78 is 79.5. The zero-order valence-corrected chi connectivity index (χ0v) is 13.9. The van der Waals surface area contributed by atoms with E-state index in [1.54, 1.807) is 11.8 Å². The fourth-order valence-corrected chi connectivity index (χ4v) is 5.60. The van der Waals surface area contributed by atoms with E-state index < -0.39 is 40.7 Å². The van der Waals surface area contributed by atoms with Gasteiger partial charge in [-0.1, -0.05) is 12.5 Å². The van der Waals surface area contributed by atoms with E-state index in [0.29, 0.717) is 31.0 Å². The van der Waals surface area contributed by atoms with Gasteiger partial charge in [0.1, 0.15) is 0 Å². The number of alkyl halides is 6. The molecule has 2 fully saturated rings. The third-order valence-corrected chi connectivity index (χ3v) is 6.45. The maximum atomic E-state index is 13.3. The van der Waals surface area contributed by atoms with Crippen molar-refractivity contribution < 1.29 is 31.1 Å². The second kappa shape index (κ2) is 6.52. The second-order valence-corrected chi connectivity index (χ2v) is 8.17. The molecular formula is C17H16F6OS. The molecule has 2 aliphatic heterocycles. The van der Waals surface area contributed by atoms with E-state index in [2.05, 4.69) is 0 Å². The molecule has 1 aromatic rings. The smallest absolute Gasteiger partial charge is 0.294 e. The summed E-state index contributed by atoms with van der Waals surface area (Å²) >= 11 is 1.71. The number of hydrogen-bond acceptors (Lipinski definition) is 2. The Bertz CT molecular complexity index is 622. The lowest BCUT2D eigenvalue weighted by molar-refractivity contribution is -0.143. The average molecular weight is 382 g/mol. The highest BCUT2D eigenvalue weighted by molar-refractivity contribution is 8.00. The van der Waals surface area contributed by atoms with Crippen molar-refractivity contribution in [3.05, 3.63) is 34.9 Å². The predicted molar refractivity (Wildman–Crippen MR) is 82.5 cm³/mol. The number of benzene rings is 1. The number of ketones is 1. The summed E-state index contributed by atoms with van der Waals surface area (Å²) in [5, 5.41) is 0.294. The van der Waals surface area contributed by atoms with Crippen molar-refractivity contribution in [1.82, 2.24) is 0 Å². The van der Waals surface area contributed by atoms with Gasteiger partial charge in [-0.2, -0.15) is 38.1 Å². The van der Waals surface area contributed by atoms with Crippen molar-refractivity contribution >= 4 is 17.5 Å². The van der Waals surface area contributed by atoms with Gasteiger partial charge in [0.2, 0.25) is 0 Å². The topological polar surface area (TPSA) is 17.1 Å². The Morgan fingerprint density at radius 3 is 1.84 bits per heavy atom. The van der Waals surface area contributed by atoms with E-state index in [9.17, 15) is 31.1 Å². The molecule has 2 unspecified atom stereocenters. The molecule has 0 saturated carbocycles. The largest absolute Gasteiger partial charge is 0.417 e. The van der Waals surface area contributed by atoms with Gasteiger partial charge in [0.15, 0.2) is 5.78 Å². The van der Waals surface area contributed by atoms with Gasteiger partial charge in [-0.25, -0.2) is 0 Å². The number of carbonyl (C=O) groups excluding carboxylic acids is 1. The fraction of sp³-hybridized carbons (Fsp3) is 0.588. The summed E-state index contributed by atoms with van der Waals surface area (Å²) in [5.41, 5.74) is -4.19. The predicted octanol–water partition coefficient (Wildman–Crippen LogP) is 5.97. The molecule has 138 valence electrons. The lowest BCUT2D eigenvalue weighted by Crippen LogP contribution is -2.34. The van der Waals surface area contributed by atoms with Crippen LogP contribution in [0, 0.1) is 5.92 Å². The van der Waals surface area contributed by atoms with Crippen molar-refractivity contribution in [3.63, 3.8) is 0 Å². The third kappa shape index (κ3) is 3.83. The molecule has 2 bridgehead atoms. The van der Waals surface area contributed by atoms with Gasteiger partial charge in [-0.15, -0.1) is 0 Å². The molecule has 2 saturated heterocycles. The molecule has 8 heteroatoms. The lowest BCUT2D eigenvalue weighted by Gasteiger charge is -2.38. The van der Waals surface area contributed by atoms with Crippen LogP contribution in [-0.2, 0) is 12.4 Å². The summed E-state index contributed by atoms with van der Waals surface area (Å²) in [6.07, 6.45) is -6.60. The van der Waals surface area contributed by atoms with Crippen LogP contribution in [0.3, 0.4) is 0 Å². The first-order valence-corrected chi connectivity index (χ1v) is 8.98. The van der Waals surface area contributed by atoms with E-state index >= 15 is 0 Å². The number of rotatable bonds is 2. The molecular weight excluding hydrogens is 366 g/mol. The molecule has 1 nitrogen and oxygen atoms in total. The number of hydrogen-bond donors (Lipinski definition) is 0. The number of carbonyl (C=O) groups is 1. The monoisotopic (exact) mass is 382 g/mol. The van der Waals surface area contributed by atoms with Crippen molar-refractivity contribution in [2.24, 2.45) is 5.92 Å². The van der Waals surface area contributed by atoms with Gasteiger partial charge in [0, 0.05) is 22.0 Å². The zero-order valence-electron chi connectivity index (χ0n) is 13.1. The van der Waals surface area contributed by atoms with E-state index in [-0.39, 0.29) is 10.5 Å². The first-order valence-electron chi connectivity index (χ1n) is 8.04. The SMILES string of the molecule is O=C(c1c(C(F)(F)F)cccc1C(F)(F)F)C1CC2CCCC(C1)S2. The molecule has 2 heterocycles. The molecule has 0 amide bonds. The molecule has 0 radical (unpaired) electrons. The summed E-state index contributed by atoms with van der Waals surface area (Å²) in [4.78, 5) is 12.8. The van der Waals surface area contributed by atoms with Crippen LogP contribution in [0.15, 0.2) is 18.2 Å². The van der Waals surface area contributed by atoms with Gasteiger partial charge < -0.3 is 0 Å². The first-order chi connectivity index (χ1) is 11.6. The van der Waals surface area contributed by atoms with Crippen molar-refractivity contribution in [3.8, 4) is 0 Å². The standard InChI is InChI=1S/C17H16F6OS/c18-16(19,20)12-5-2-6-13(17(21,22)23)14(12)15(24)9-7-10-3-1-4-11(8-9)25-10/h2,5-6,9-11H,1,3-4,7-8H2. The Morgan fingerprint density at radius 2 is 1.40 bits per heavy atom. The Labute approximate surface area is 145 Å². The summed E-state index contributed by atoms with van der Waals surface area (Å²) in [6.45, 7) is 0. The number of halogens is 6. The Hall–Kier alpha value is -1.18. The van der Waals surface area contributed by atoms with Crippen LogP contribution in [0.4, 0.5) is 26.3 Å². The number of Topliss-reactive ketones (excluding diaryl/α,β-unsaturated/α-hetero) is 1. The lowest BCUT2D eigenvalue weighted by atomic mass is 9.81.